The number of benzene rings is 2. The van der Waals surface area contributed by atoms with Crippen LogP contribution < -0.4 is 14.5 Å². The molecular weight excluding hydrogens is 350 g/mol. The van der Waals surface area contributed by atoms with Crippen LogP contribution in [0.25, 0.3) is 0 Å². The number of rotatable bonds is 7. The molecule has 0 aromatic heterocycles. The summed E-state index contributed by atoms with van der Waals surface area (Å²) >= 11 is 0. The third-order valence-electron chi connectivity index (χ3n) is 3.97. The number of nitrogens with zero attached hydrogens (tertiary/aromatic N) is 2. The van der Waals surface area contributed by atoms with Crippen LogP contribution in [0.4, 0.5) is 11.4 Å². The Morgan fingerprint density at radius 2 is 1.50 bits per heavy atom. The second kappa shape index (κ2) is 8.23. The maximum absolute atomic E-state index is 12.2. The van der Waals surface area contributed by atoms with E-state index in [1.807, 2.05) is 50.2 Å². The maximum atomic E-state index is 12.2. The second-order valence-electron chi connectivity index (χ2n) is 6.37. The monoisotopic (exact) mass is 375 g/mol. The first-order chi connectivity index (χ1) is 12.2. The Morgan fingerprint density at radius 1 is 0.962 bits per heavy atom. The second-order valence-corrected chi connectivity index (χ2v) is 8.27. The number of nitrogens with one attached hydrogen (secondary N) is 1. The molecule has 0 aliphatic heterocycles. The minimum atomic E-state index is -3.45. The van der Waals surface area contributed by atoms with Gasteiger partial charge in [0.15, 0.2) is 0 Å². The highest BCUT2D eigenvalue weighted by Gasteiger charge is 2.17. The lowest BCUT2D eigenvalue weighted by Gasteiger charge is -2.23. The summed E-state index contributed by atoms with van der Waals surface area (Å²) < 4.78 is 25.6. The molecule has 6 nitrogen and oxygen atoms in total. The molecule has 0 bridgehead atoms. The lowest BCUT2D eigenvalue weighted by Crippen LogP contribution is -2.38. The molecule has 2 aromatic carbocycles. The molecule has 140 valence electrons. The van der Waals surface area contributed by atoms with E-state index in [2.05, 4.69) is 5.32 Å². The molecule has 0 fully saturated rings. The van der Waals surface area contributed by atoms with Crippen molar-refractivity contribution < 1.29 is 13.2 Å². The van der Waals surface area contributed by atoms with Gasteiger partial charge < -0.3 is 10.2 Å². The molecule has 1 N–H and O–H groups in total. The van der Waals surface area contributed by atoms with Gasteiger partial charge in [0, 0.05) is 31.9 Å². The summed E-state index contributed by atoms with van der Waals surface area (Å²) in [7, 11) is 0.390. The molecule has 2 aromatic rings. The average Bonchev–Trinajstić information content (AvgIpc) is 2.58. The molecule has 0 radical (unpaired) electrons. The highest BCUT2D eigenvalue weighted by Crippen LogP contribution is 2.21. The van der Waals surface area contributed by atoms with Gasteiger partial charge in [-0.25, -0.2) is 8.42 Å². The van der Waals surface area contributed by atoms with Gasteiger partial charge in [0.05, 0.1) is 18.5 Å². The zero-order valence-electron chi connectivity index (χ0n) is 15.6. The summed E-state index contributed by atoms with van der Waals surface area (Å²) in [6, 6.07) is 14.5. The van der Waals surface area contributed by atoms with Crippen LogP contribution in [0, 0.1) is 6.92 Å². The van der Waals surface area contributed by atoms with Crippen LogP contribution in [-0.4, -0.2) is 47.8 Å². The fourth-order valence-electron chi connectivity index (χ4n) is 2.48. The van der Waals surface area contributed by atoms with Gasteiger partial charge in [0.25, 0.3) is 5.91 Å². The van der Waals surface area contributed by atoms with E-state index < -0.39 is 10.0 Å². The van der Waals surface area contributed by atoms with Crippen molar-refractivity contribution >= 4 is 27.3 Å². The minimum Gasteiger partial charge on any atom is -0.378 e. The van der Waals surface area contributed by atoms with Crippen LogP contribution in [0.3, 0.4) is 0 Å². The van der Waals surface area contributed by atoms with Crippen LogP contribution in [0.5, 0.6) is 0 Å². The van der Waals surface area contributed by atoms with Crippen molar-refractivity contribution in [3.05, 3.63) is 59.7 Å². The quantitative estimate of drug-likeness (QED) is 0.806. The van der Waals surface area contributed by atoms with Crippen molar-refractivity contribution in [3.63, 3.8) is 0 Å². The number of hydrogen-bond donors (Lipinski definition) is 1. The molecule has 0 aliphatic carbocycles. The Labute approximate surface area is 155 Å². The van der Waals surface area contributed by atoms with E-state index in [1.165, 1.54) is 4.31 Å². The maximum Gasteiger partial charge on any atom is 0.251 e. The normalized spacial score (nSPS) is 11.1. The van der Waals surface area contributed by atoms with E-state index in [0.717, 1.165) is 17.5 Å². The number of sulfonamides is 1. The van der Waals surface area contributed by atoms with Crippen molar-refractivity contribution in [1.29, 1.82) is 0 Å². The van der Waals surface area contributed by atoms with Crippen LogP contribution in [-0.2, 0) is 10.0 Å². The summed E-state index contributed by atoms with van der Waals surface area (Å²) in [6.07, 6.45) is 1.16. The highest BCUT2D eigenvalue weighted by molar-refractivity contribution is 7.92. The summed E-state index contributed by atoms with van der Waals surface area (Å²) in [5.74, 6) is -0.221. The van der Waals surface area contributed by atoms with E-state index >= 15 is 0 Å². The molecular formula is C19H25N3O3S. The zero-order chi connectivity index (χ0) is 19.3. The Balaban J connectivity index is 2.04. The number of carbonyl (C=O) groups excluding carboxylic acids is 1. The molecule has 0 aliphatic rings. The van der Waals surface area contributed by atoms with E-state index in [9.17, 15) is 13.2 Å². The van der Waals surface area contributed by atoms with Crippen LogP contribution in [0.15, 0.2) is 48.5 Å². The summed E-state index contributed by atoms with van der Waals surface area (Å²) in [6.45, 7) is 2.33. The predicted molar refractivity (Wildman–Crippen MR) is 106 cm³/mol. The molecule has 1 amide bonds. The average molecular weight is 375 g/mol. The fraction of sp³-hybridized carbons (Fsp3) is 0.316. The van der Waals surface area contributed by atoms with Gasteiger partial charge in [-0.05, 0) is 43.3 Å². The van der Waals surface area contributed by atoms with Gasteiger partial charge in [-0.3, -0.25) is 9.10 Å². The zero-order valence-corrected chi connectivity index (χ0v) is 16.4. The number of aryl methyl sites for hydroxylation is 1. The predicted octanol–water partition coefficient (Wildman–Crippen LogP) is 2.26. The molecule has 0 saturated carbocycles. The van der Waals surface area contributed by atoms with Gasteiger partial charge in [-0.2, -0.15) is 0 Å². The molecule has 0 spiro atoms. The molecule has 0 saturated heterocycles. The molecule has 0 unspecified atom stereocenters. The molecule has 7 heteroatoms. The smallest absolute Gasteiger partial charge is 0.251 e. The van der Waals surface area contributed by atoms with Crippen LogP contribution in [0.1, 0.15) is 15.9 Å². The first-order valence-electron chi connectivity index (χ1n) is 8.28. The molecule has 0 atom stereocenters. The van der Waals surface area contributed by atoms with E-state index in [1.54, 1.807) is 24.3 Å². The Kier molecular flexibility index (Phi) is 6.26. The number of anilines is 2. The van der Waals surface area contributed by atoms with Gasteiger partial charge in [0.2, 0.25) is 10.0 Å². The topological polar surface area (TPSA) is 69.7 Å². The largest absolute Gasteiger partial charge is 0.378 e. The Hall–Kier alpha value is -2.54. The van der Waals surface area contributed by atoms with Gasteiger partial charge in [-0.1, -0.05) is 17.7 Å². The summed E-state index contributed by atoms with van der Waals surface area (Å²) in [5, 5.41) is 2.77. The van der Waals surface area contributed by atoms with Crippen molar-refractivity contribution in [2.24, 2.45) is 0 Å². The standard InChI is InChI=1S/C19H25N3O3S/c1-15-5-7-16(8-6-15)19(23)20-13-14-22(26(4,24)25)18-11-9-17(10-12-18)21(2)3/h5-12H,13-14H2,1-4H3,(H,20,23). The summed E-state index contributed by atoms with van der Waals surface area (Å²) in [4.78, 5) is 14.1. The fourth-order valence-corrected chi connectivity index (χ4v) is 3.41. The Bertz CT molecular complexity index is 845. The van der Waals surface area contributed by atoms with E-state index in [4.69, 9.17) is 0 Å². The number of carbonyl (C=O) groups is 1. The van der Waals surface area contributed by atoms with Gasteiger partial charge in [0.1, 0.15) is 0 Å². The van der Waals surface area contributed by atoms with Crippen molar-refractivity contribution in [2.45, 2.75) is 6.92 Å². The van der Waals surface area contributed by atoms with E-state index in [-0.39, 0.29) is 19.0 Å². The Morgan fingerprint density at radius 3 is 2.00 bits per heavy atom. The minimum absolute atomic E-state index is 0.164. The third-order valence-corrected chi connectivity index (χ3v) is 5.16. The SMILES string of the molecule is Cc1ccc(C(=O)NCCN(c2ccc(N(C)C)cc2)S(C)(=O)=O)cc1. The van der Waals surface area contributed by atoms with E-state index in [0.29, 0.717) is 11.3 Å². The highest BCUT2D eigenvalue weighted by atomic mass is 32.2. The molecule has 2 rings (SSSR count). The van der Waals surface area contributed by atoms with Crippen molar-refractivity contribution in [1.82, 2.24) is 5.32 Å². The van der Waals surface area contributed by atoms with Crippen molar-refractivity contribution in [3.8, 4) is 0 Å². The third kappa shape index (κ3) is 5.23. The van der Waals surface area contributed by atoms with Gasteiger partial charge >= 0.3 is 0 Å². The lowest BCUT2D eigenvalue weighted by molar-refractivity contribution is 0.0955. The first kappa shape index (κ1) is 19.8. The summed E-state index contributed by atoms with van der Waals surface area (Å²) in [5.41, 5.74) is 3.18. The van der Waals surface area contributed by atoms with Crippen molar-refractivity contribution in [2.75, 3.05) is 42.6 Å². The first-order valence-corrected chi connectivity index (χ1v) is 10.1. The number of hydrogen-bond acceptors (Lipinski definition) is 4. The van der Waals surface area contributed by atoms with Gasteiger partial charge in [-0.15, -0.1) is 0 Å². The molecule has 26 heavy (non-hydrogen) atoms. The lowest BCUT2D eigenvalue weighted by atomic mass is 10.1. The number of amides is 1. The van der Waals surface area contributed by atoms with Crippen LogP contribution >= 0.6 is 0 Å². The molecule has 0 heterocycles. The van der Waals surface area contributed by atoms with Crippen LogP contribution in [0.2, 0.25) is 0 Å².